The van der Waals surface area contributed by atoms with Crippen LogP contribution < -0.4 is 10.1 Å². The highest BCUT2D eigenvalue weighted by atomic mass is 19.1. The number of rotatable bonds is 5. The molecule has 1 aromatic heterocycles. The van der Waals surface area contributed by atoms with Crippen molar-refractivity contribution in [1.82, 2.24) is 9.97 Å². The molecule has 1 heterocycles. The summed E-state index contributed by atoms with van der Waals surface area (Å²) in [4.78, 5) is 8.46. The molecule has 2 aromatic rings. The summed E-state index contributed by atoms with van der Waals surface area (Å²) in [5, 5.41) is 3.09. The lowest BCUT2D eigenvalue weighted by Crippen LogP contribution is -2.05. The first-order valence-electron chi connectivity index (χ1n) is 6.61. The minimum atomic E-state index is -0.293. The lowest BCUT2D eigenvalue weighted by Gasteiger charge is -2.10. The molecule has 2 rings (SSSR count). The number of aromatic nitrogens is 2. The minimum Gasteiger partial charge on any atom is -0.438 e. The molecule has 0 aliphatic heterocycles. The Morgan fingerprint density at radius 1 is 1.25 bits per heavy atom. The van der Waals surface area contributed by atoms with E-state index in [1.165, 1.54) is 6.07 Å². The average Bonchev–Trinajstić information content (AvgIpc) is 2.44. The van der Waals surface area contributed by atoms with Gasteiger partial charge in [-0.15, -0.1) is 0 Å². The number of benzene rings is 1. The van der Waals surface area contributed by atoms with Gasteiger partial charge in [-0.3, -0.25) is 0 Å². The van der Waals surface area contributed by atoms with E-state index in [1.54, 1.807) is 25.3 Å². The van der Waals surface area contributed by atoms with Crippen molar-refractivity contribution in [3.05, 3.63) is 41.3 Å². The number of anilines is 1. The van der Waals surface area contributed by atoms with Crippen molar-refractivity contribution in [2.24, 2.45) is 0 Å². The summed E-state index contributed by atoms with van der Waals surface area (Å²) in [7, 11) is 0. The summed E-state index contributed by atoms with van der Waals surface area (Å²) < 4.78 is 19.1. The molecule has 0 fully saturated rings. The molecule has 0 radical (unpaired) electrons. The molecule has 4 nitrogen and oxygen atoms in total. The zero-order chi connectivity index (χ0) is 14.5. The van der Waals surface area contributed by atoms with Gasteiger partial charge in [0.2, 0.25) is 11.8 Å². The van der Waals surface area contributed by atoms with Crippen LogP contribution >= 0.6 is 0 Å². The third kappa shape index (κ3) is 3.44. The van der Waals surface area contributed by atoms with E-state index in [4.69, 9.17) is 4.74 Å². The summed E-state index contributed by atoms with van der Waals surface area (Å²) in [5.41, 5.74) is 1.38. The largest absolute Gasteiger partial charge is 0.438 e. The van der Waals surface area contributed by atoms with Crippen molar-refractivity contribution >= 4 is 5.95 Å². The normalized spacial score (nSPS) is 10.4. The highest BCUT2D eigenvalue weighted by Gasteiger charge is 2.07. The van der Waals surface area contributed by atoms with Crippen LogP contribution in [0.1, 0.15) is 24.5 Å². The van der Waals surface area contributed by atoms with Gasteiger partial charge in [-0.1, -0.05) is 13.0 Å². The Bertz CT molecular complexity index is 602. The third-order valence-electron chi connectivity index (χ3n) is 2.82. The maximum atomic E-state index is 13.5. The smallest absolute Gasteiger partial charge is 0.226 e. The predicted molar refractivity (Wildman–Crippen MR) is 76.8 cm³/mol. The van der Waals surface area contributed by atoms with Gasteiger partial charge in [0.25, 0.3) is 0 Å². The molecule has 0 amide bonds. The van der Waals surface area contributed by atoms with E-state index in [-0.39, 0.29) is 5.82 Å². The quantitative estimate of drug-likeness (QED) is 0.900. The monoisotopic (exact) mass is 275 g/mol. The van der Waals surface area contributed by atoms with Gasteiger partial charge in [0, 0.05) is 24.4 Å². The minimum absolute atomic E-state index is 0.293. The standard InChI is InChI=1S/C15H18FN3O/c1-4-7-17-15-18-9-11(3)14(19-15)20-12-6-5-10(2)13(16)8-12/h5-6,8-9H,4,7H2,1-3H3,(H,17,18,19). The summed E-state index contributed by atoms with van der Waals surface area (Å²) in [6.07, 6.45) is 2.67. The highest BCUT2D eigenvalue weighted by Crippen LogP contribution is 2.24. The van der Waals surface area contributed by atoms with Crippen LogP contribution in [0.4, 0.5) is 10.3 Å². The molecule has 0 spiro atoms. The van der Waals surface area contributed by atoms with Gasteiger partial charge >= 0.3 is 0 Å². The van der Waals surface area contributed by atoms with Gasteiger partial charge in [-0.2, -0.15) is 4.98 Å². The second-order valence-corrected chi connectivity index (χ2v) is 4.62. The molecule has 20 heavy (non-hydrogen) atoms. The lowest BCUT2D eigenvalue weighted by molar-refractivity contribution is 0.453. The van der Waals surface area contributed by atoms with E-state index < -0.39 is 0 Å². The Morgan fingerprint density at radius 3 is 2.75 bits per heavy atom. The van der Waals surface area contributed by atoms with Crippen molar-refractivity contribution in [2.45, 2.75) is 27.2 Å². The molecule has 0 aliphatic carbocycles. The van der Waals surface area contributed by atoms with E-state index in [2.05, 4.69) is 22.2 Å². The van der Waals surface area contributed by atoms with Crippen LogP contribution in [0.3, 0.4) is 0 Å². The lowest BCUT2D eigenvalue weighted by atomic mass is 10.2. The topological polar surface area (TPSA) is 47.0 Å². The first-order valence-corrected chi connectivity index (χ1v) is 6.61. The number of nitrogens with zero attached hydrogens (tertiary/aromatic N) is 2. The van der Waals surface area contributed by atoms with Crippen molar-refractivity contribution in [3.8, 4) is 11.6 Å². The van der Waals surface area contributed by atoms with Gasteiger partial charge in [0.1, 0.15) is 11.6 Å². The van der Waals surface area contributed by atoms with Crippen LogP contribution in [0, 0.1) is 19.7 Å². The Kier molecular flexibility index (Phi) is 4.50. The van der Waals surface area contributed by atoms with Gasteiger partial charge in [0.05, 0.1) is 0 Å². The summed E-state index contributed by atoms with van der Waals surface area (Å²) in [6, 6.07) is 4.76. The molecule has 1 aromatic carbocycles. The van der Waals surface area contributed by atoms with Gasteiger partial charge < -0.3 is 10.1 Å². The number of nitrogens with one attached hydrogen (secondary N) is 1. The van der Waals surface area contributed by atoms with Crippen LogP contribution in [0.25, 0.3) is 0 Å². The molecule has 0 saturated carbocycles. The Morgan fingerprint density at radius 2 is 2.05 bits per heavy atom. The molecule has 5 heteroatoms. The molecule has 1 N–H and O–H groups in total. The first kappa shape index (κ1) is 14.2. The SMILES string of the molecule is CCCNc1ncc(C)c(Oc2ccc(C)c(F)c2)n1. The second-order valence-electron chi connectivity index (χ2n) is 4.62. The molecule has 0 atom stereocenters. The number of aryl methyl sites for hydroxylation is 2. The van der Waals surface area contributed by atoms with E-state index in [1.807, 2.05) is 6.92 Å². The summed E-state index contributed by atoms with van der Waals surface area (Å²) in [5.74, 6) is 1.08. The van der Waals surface area contributed by atoms with Crippen molar-refractivity contribution in [3.63, 3.8) is 0 Å². The fourth-order valence-corrected chi connectivity index (χ4v) is 1.60. The number of hydrogen-bond donors (Lipinski definition) is 1. The molecule has 0 aliphatic rings. The van der Waals surface area contributed by atoms with E-state index in [0.717, 1.165) is 18.5 Å². The number of ether oxygens (including phenoxy) is 1. The second kappa shape index (κ2) is 6.32. The van der Waals surface area contributed by atoms with Crippen molar-refractivity contribution in [2.75, 3.05) is 11.9 Å². The van der Waals surface area contributed by atoms with Gasteiger partial charge in [-0.25, -0.2) is 9.37 Å². The van der Waals surface area contributed by atoms with Crippen LogP contribution in [0.15, 0.2) is 24.4 Å². The van der Waals surface area contributed by atoms with Gasteiger partial charge in [-0.05, 0) is 31.9 Å². The fourth-order valence-electron chi connectivity index (χ4n) is 1.60. The summed E-state index contributed by atoms with van der Waals surface area (Å²) >= 11 is 0. The molecule has 0 unspecified atom stereocenters. The van der Waals surface area contributed by atoms with Crippen LogP contribution in [0.2, 0.25) is 0 Å². The first-order chi connectivity index (χ1) is 9.60. The van der Waals surface area contributed by atoms with Gasteiger partial charge in [0.15, 0.2) is 0 Å². The number of hydrogen-bond acceptors (Lipinski definition) is 4. The van der Waals surface area contributed by atoms with Crippen LogP contribution in [0.5, 0.6) is 11.6 Å². The zero-order valence-corrected chi connectivity index (χ0v) is 11.9. The zero-order valence-electron chi connectivity index (χ0n) is 11.9. The number of halogens is 1. The maximum Gasteiger partial charge on any atom is 0.226 e. The van der Waals surface area contributed by atoms with Crippen LogP contribution in [-0.4, -0.2) is 16.5 Å². The Balaban J connectivity index is 2.20. The summed E-state index contributed by atoms with van der Waals surface area (Å²) in [6.45, 7) is 6.42. The molecule has 106 valence electrons. The van der Waals surface area contributed by atoms with Crippen molar-refractivity contribution in [1.29, 1.82) is 0 Å². The predicted octanol–water partition coefficient (Wildman–Crippen LogP) is 3.85. The van der Waals surface area contributed by atoms with E-state index >= 15 is 0 Å². The Hall–Kier alpha value is -2.17. The Labute approximate surface area is 118 Å². The molecular weight excluding hydrogens is 257 g/mol. The molecule has 0 saturated heterocycles. The highest BCUT2D eigenvalue weighted by molar-refractivity contribution is 5.37. The third-order valence-corrected chi connectivity index (χ3v) is 2.82. The van der Waals surface area contributed by atoms with E-state index in [9.17, 15) is 4.39 Å². The fraction of sp³-hybridized carbons (Fsp3) is 0.333. The van der Waals surface area contributed by atoms with E-state index in [0.29, 0.717) is 23.1 Å². The van der Waals surface area contributed by atoms with Crippen molar-refractivity contribution < 1.29 is 9.13 Å². The van der Waals surface area contributed by atoms with Crippen LogP contribution in [-0.2, 0) is 0 Å². The average molecular weight is 275 g/mol. The molecular formula is C15H18FN3O. The maximum absolute atomic E-state index is 13.5. The molecule has 0 bridgehead atoms.